The fraction of sp³-hybridized carbons (Fsp3) is 0.389. The summed E-state index contributed by atoms with van der Waals surface area (Å²) in [5.41, 5.74) is 1.83. The molecule has 0 aliphatic heterocycles. The number of rotatable bonds is 8. The molecule has 7 heteroatoms. The molecule has 2 rings (SSSR count). The second-order valence-electron chi connectivity index (χ2n) is 5.66. The molecule has 0 radical (unpaired) electrons. The molecular formula is C18H23ClN4O2. The molecule has 0 saturated heterocycles. The van der Waals surface area contributed by atoms with Crippen molar-refractivity contribution in [1.82, 2.24) is 9.97 Å². The molecule has 0 aliphatic rings. The van der Waals surface area contributed by atoms with Gasteiger partial charge in [-0.3, -0.25) is 0 Å². The Balaban J connectivity index is 2.16. The van der Waals surface area contributed by atoms with Gasteiger partial charge >= 0.3 is 5.97 Å². The highest BCUT2D eigenvalue weighted by Gasteiger charge is 2.10. The Kier molecular flexibility index (Phi) is 7.01. The number of anilines is 3. The molecule has 0 bridgehead atoms. The predicted octanol–water partition coefficient (Wildman–Crippen LogP) is 4.57. The van der Waals surface area contributed by atoms with Crippen LogP contribution in [0.2, 0.25) is 5.02 Å². The van der Waals surface area contributed by atoms with Gasteiger partial charge in [0.2, 0.25) is 5.95 Å². The molecular weight excluding hydrogens is 340 g/mol. The zero-order valence-electron chi connectivity index (χ0n) is 14.7. The first kappa shape index (κ1) is 19.0. The Bertz CT molecular complexity index is 737. The average molecular weight is 363 g/mol. The minimum atomic E-state index is -0.420. The second kappa shape index (κ2) is 9.22. The number of unbranched alkanes of at least 4 members (excludes halogenated alkanes) is 2. The summed E-state index contributed by atoms with van der Waals surface area (Å²) < 4.78 is 4.74. The number of benzene rings is 1. The van der Waals surface area contributed by atoms with Crippen LogP contribution < -0.4 is 10.6 Å². The SMILES string of the molecule is CCCCCNc1nc(C)cc(Nc2cc(C(=O)OC)ccc2Cl)n1. The van der Waals surface area contributed by atoms with Gasteiger partial charge in [0.15, 0.2) is 0 Å². The summed E-state index contributed by atoms with van der Waals surface area (Å²) in [7, 11) is 1.34. The number of carbonyl (C=O) groups excluding carboxylic acids is 1. The molecule has 0 saturated carbocycles. The highest BCUT2D eigenvalue weighted by molar-refractivity contribution is 6.33. The maximum atomic E-state index is 11.7. The zero-order valence-corrected chi connectivity index (χ0v) is 15.5. The van der Waals surface area contributed by atoms with Gasteiger partial charge in [0.05, 0.1) is 23.4 Å². The van der Waals surface area contributed by atoms with E-state index in [4.69, 9.17) is 16.3 Å². The Morgan fingerprint density at radius 3 is 2.76 bits per heavy atom. The molecule has 0 unspecified atom stereocenters. The Morgan fingerprint density at radius 1 is 1.24 bits per heavy atom. The van der Waals surface area contributed by atoms with Gasteiger partial charge in [-0.1, -0.05) is 31.4 Å². The number of nitrogens with one attached hydrogen (secondary N) is 2. The van der Waals surface area contributed by atoms with Crippen LogP contribution >= 0.6 is 11.6 Å². The Hall–Kier alpha value is -2.34. The van der Waals surface area contributed by atoms with Crippen molar-refractivity contribution in [2.75, 3.05) is 24.3 Å². The molecule has 0 amide bonds. The smallest absolute Gasteiger partial charge is 0.337 e. The summed E-state index contributed by atoms with van der Waals surface area (Å²) in [6, 6.07) is 6.72. The molecule has 25 heavy (non-hydrogen) atoms. The van der Waals surface area contributed by atoms with Crippen molar-refractivity contribution >= 4 is 35.0 Å². The van der Waals surface area contributed by atoms with E-state index in [1.54, 1.807) is 18.2 Å². The van der Waals surface area contributed by atoms with Gasteiger partial charge in [0.25, 0.3) is 0 Å². The van der Waals surface area contributed by atoms with Crippen LogP contribution in [0.4, 0.5) is 17.5 Å². The summed E-state index contributed by atoms with van der Waals surface area (Å²) in [6.45, 7) is 4.89. The average Bonchev–Trinajstić information content (AvgIpc) is 2.59. The lowest BCUT2D eigenvalue weighted by Gasteiger charge is -2.12. The van der Waals surface area contributed by atoms with Gasteiger partial charge in [-0.15, -0.1) is 0 Å². The van der Waals surface area contributed by atoms with E-state index < -0.39 is 5.97 Å². The van der Waals surface area contributed by atoms with Crippen molar-refractivity contribution in [3.8, 4) is 0 Å². The number of carbonyl (C=O) groups is 1. The van der Waals surface area contributed by atoms with Crippen LogP contribution in [-0.2, 0) is 4.74 Å². The van der Waals surface area contributed by atoms with E-state index in [0.29, 0.717) is 28.0 Å². The summed E-state index contributed by atoms with van der Waals surface area (Å²) in [5.74, 6) is 0.755. The van der Waals surface area contributed by atoms with E-state index in [1.807, 2.05) is 13.0 Å². The first-order valence-electron chi connectivity index (χ1n) is 8.28. The number of aromatic nitrogens is 2. The van der Waals surface area contributed by atoms with Gasteiger partial charge in [-0.05, 0) is 31.5 Å². The van der Waals surface area contributed by atoms with Crippen LogP contribution in [0, 0.1) is 6.92 Å². The van der Waals surface area contributed by atoms with Crippen molar-refractivity contribution in [3.05, 3.63) is 40.5 Å². The van der Waals surface area contributed by atoms with E-state index in [0.717, 1.165) is 25.1 Å². The quantitative estimate of drug-likeness (QED) is 0.529. The number of aryl methyl sites for hydroxylation is 1. The molecule has 6 nitrogen and oxygen atoms in total. The van der Waals surface area contributed by atoms with Crippen molar-refractivity contribution in [2.24, 2.45) is 0 Å². The van der Waals surface area contributed by atoms with E-state index in [9.17, 15) is 4.79 Å². The minimum Gasteiger partial charge on any atom is -0.465 e. The van der Waals surface area contributed by atoms with Crippen LogP contribution in [0.5, 0.6) is 0 Å². The van der Waals surface area contributed by atoms with Crippen LogP contribution in [0.3, 0.4) is 0 Å². The van der Waals surface area contributed by atoms with Gasteiger partial charge in [-0.25, -0.2) is 9.78 Å². The number of nitrogens with zero attached hydrogens (tertiary/aromatic N) is 2. The molecule has 0 aliphatic carbocycles. The van der Waals surface area contributed by atoms with E-state index in [2.05, 4.69) is 27.5 Å². The summed E-state index contributed by atoms with van der Waals surface area (Å²) >= 11 is 6.22. The van der Waals surface area contributed by atoms with Gasteiger partial charge < -0.3 is 15.4 Å². The van der Waals surface area contributed by atoms with Crippen LogP contribution in [-0.4, -0.2) is 29.6 Å². The van der Waals surface area contributed by atoms with E-state index >= 15 is 0 Å². The summed E-state index contributed by atoms with van der Waals surface area (Å²) in [6.07, 6.45) is 3.40. The Labute approximate surface area is 153 Å². The van der Waals surface area contributed by atoms with E-state index in [1.165, 1.54) is 13.5 Å². The number of esters is 1. The summed E-state index contributed by atoms with van der Waals surface area (Å²) in [5, 5.41) is 6.86. The maximum absolute atomic E-state index is 11.7. The van der Waals surface area contributed by atoms with Gasteiger partial charge in [0, 0.05) is 18.3 Å². The largest absolute Gasteiger partial charge is 0.465 e. The molecule has 1 aromatic heterocycles. The molecule has 2 N–H and O–H groups in total. The topological polar surface area (TPSA) is 76.1 Å². The first-order chi connectivity index (χ1) is 12.0. The molecule has 2 aromatic rings. The Morgan fingerprint density at radius 2 is 2.04 bits per heavy atom. The zero-order chi connectivity index (χ0) is 18.2. The normalized spacial score (nSPS) is 10.4. The minimum absolute atomic E-state index is 0.415. The highest BCUT2D eigenvalue weighted by atomic mass is 35.5. The third-order valence-corrected chi connectivity index (χ3v) is 3.90. The number of ether oxygens (including phenoxy) is 1. The number of methoxy groups -OCH3 is 1. The lowest BCUT2D eigenvalue weighted by Crippen LogP contribution is -2.08. The number of hydrogen-bond donors (Lipinski definition) is 2. The second-order valence-corrected chi connectivity index (χ2v) is 6.07. The van der Waals surface area contributed by atoms with Crippen LogP contribution in [0.25, 0.3) is 0 Å². The number of halogens is 1. The lowest BCUT2D eigenvalue weighted by atomic mass is 10.2. The van der Waals surface area contributed by atoms with Crippen LogP contribution in [0.1, 0.15) is 42.2 Å². The molecule has 0 spiro atoms. The molecule has 1 aromatic carbocycles. The molecule has 1 heterocycles. The van der Waals surface area contributed by atoms with Crippen LogP contribution in [0.15, 0.2) is 24.3 Å². The predicted molar refractivity (Wildman–Crippen MR) is 101 cm³/mol. The van der Waals surface area contributed by atoms with Crippen molar-refractivity contribution in [2.45, 2.75) is 33.1 Å². The van der Waals surface area contributed by atoms with E-state index in [-0.39, 0.29) is 0 Å². The van der Waals surface area contributed by atoms with Gasteiger partial charge in [-0.2, -0.15) is 4.98 Å². The fourth-order valence-corrected chi connectivity index (χ4v) is 2.46. The first-order valence-corrected chi connectivity index (χ1v) is 8.65. The highest BCUT2D eigenvalue weighted by Crippen LogP contribution is 2.26. The van der Waals surface area contributed by atoms with Gasteiger partial charge in [0.1, 0.15) is 5.82 Å². The van der Waals surface area contributed by atoms with Crippen molar-refractivity contribution < 1.29 is 9.53 Å². The maximum Gasteiger partial charge on any atom is 0.337 e. The van der Waals surface area contributed by atoms with Crippen molar-refractivity contribution in [1.29, 1.82) is 0 Å². The third kappa shape index (κ3) is 5.60. The summed E-state index contributed by atoms with van der Waals surface area (Å²) in [4.78, 5) is 20.5. The third-order valence-electron chi connectivity index (χ3n) is 3.57. The number of hydrogen-bond acceptors (Lipinski definition) is 6. The van der Waals surface area contributed by atoms with Crippen molar-refractivity contribution in [3.63, 3.8) is 0 Å². The monoisotopic (exact) mass is 362 g/mol. The standard InChI is InChI=1S/C18H23ClN4O2/c1-4-5-6-9-20-18-21-12(2)10-16(23-18)22-15-11-13(17(24)25-3)7-8-14(15)19/h7-8,10-11H,4-6,9H2,1-3H3,(H2,20,21,22,23). The molecule has 134 valence electrons. The fourth-order valence-electron chi connectivity index (χ4n) is 2.29. The lowest BCUT2D eigenvalue weighted by molar-refractivity contribution is 0.0601. The molecule has 0 fully saturated rings. The molecule has 0 atom stereocenters.